The second kappa shape index (κ2) is 3.95. The van der Waals surface area contributed by atoms with Crippen LogP contribution in [0.3, 0.4) is 0 Å². The minimum Gasteiger partial charge on any atom is -0.496 e. The van der Waals surface area contributed by atoms with Gasteiger partial charge in [-0.15, -0.1) is 0 Å². The molecule has 1 N–H and O–H groups in total. The summed E-state index contributed by atoms with van der Waals surface area (Å²) in [5.74, 6) is 0.823. The SMILES string of the molecule is COc1c(C)cc(Cl)cc1-c1ccn[nH]1. The van der Waals surface area contributed by atoms with Gasteiger partial charge in [-0.25, -0.2) is 0 Å². The molecule has 0 aliphatic rings. The molecule has 0 atom stereocenters. The predicted octanol–water partition coefficient (Wildman–Crippen LogP) is 3.05. The van der Waals surface area contributed by atoms with E-state index < -0.39 is 0 Å². The van der Waals surface area contributed by atoms with Gasteiger partial charge in [-0.1, -0.05) is 11.6 Å². The lowest BCUT2D eigenvalue weighted by atomic mass is 10.1. The fourth-order valence-corrected chi connectivity index (χ4v) is 1.88. The zero-order chi connectivity index (χ0) is 10.8. The molecule has 0 spiro atoms. The predicted molar refractivity (Wildman–Crippen MR) is 60.3 cm³/mol. The standard InChI is InChI=1S/C11H11ClN2O/c1-7-5-8(12)6-9(11(7)15-2)10-3-4-13-14-10/h3-6H,1-2H3,(H,13,14). The molecular formula is C11H11ClN2O. The van der Waals surface area contributed by atoms with E-state index in [-0.39, 0.29) is 0 Å². The summed E-state index contributed by atoms with van der Waals surface area (Å²) in [6.45, 7) is 1.96. The fourth-order valence-electron chi connectivity index (χ4n) is 1.61. The van der Waals surface area contributed by atoms with Gasteiger partial charge < -0.3 is 4.74 Å². The Balaban J connectivity index is 2.64. The Hall–Kier alpha value is -1.48. The van der Waals surface area contributed by atoms with E-state index in [1.807, 2.05) is 25.1 Å². The minimum atomic E-state index is 0.693. The van der Waals surface area contributed by atoms with Gasteiger partial charge in [0.15, 0.2) is 0 Å². The lowest BCUT2D eigenvalue weighted by Crippen LogP contribution is -1.91. The van der Waals surface area contributed by atoms with Crippen LogP contribution >= 0.6 is 11.6 Å². The Morgan fingerprint density at radius 3 is 2.80 bits per heavy atom. The van der Waals surface area contributed by atoms with Crippen molar-refractivity contribution in [3.8, 4) is 17.0 Å². The van der Waals surface area contributed by atoms with E-state index in [1.54, 1.807) is 13.3 Å². The number of halogens is 1. The van der Waals surface area contributed by atoms with E-state index >= 15 is 0 Å². The molecule has 1 aromatic heterocycles. The average Bonchev–Trinajstić information content (AvgIpc) is 2.69. The van der Waals surface area contributed by atoms with Crippen LogP contribution in [0.5, 0.6) is 5.75 Å². The smallest absolute Gasteiger partial charge is 0.131 e. The first-order valence-electron chi connectivity index (χ1n) is 4.56. The molecule has 0 saturated heterocycles. The summed E-state index contributed by atoms with van der Waals surface area (Å²) in [6.07, 6.45) is 1.70. The van der Waals surface area contributed by atoms with Gasteiger partial charge in [0.1, 0.15) is 5.75 Å². The van der Waals surface area contributed by atoms with Crippen molar-refractivity contribution in [2.24, 2.45) is 0 Å². The number of aromatic amines is 1. The normalized spacial score (nSPS) is 10.3. The maximum atomic E-state index is 6.01. The highest BCUT2D eigenvalue weighted by Gasteiger charge is 2.10. The third-order valence-electron chi connectivity index (χ3n) is 2.23. The van der Waals surface area contributed by atoms with Crippen molar-refractivity contribution < 1.29 is 4.74 Å². The van der Waals surface area contributed by atoms with Gasteiger partial charge in [0, 0.05) is 16.8 Å². The molecule has 0 bridgehead atoms. The van der Waals surface area contributed by atoms with Gasteiger partial charge in [0.2, 0.25) is 0 Å². The molecule has 1 aromatic carbocycles. The summed E-state index contributed by atoms with van der Waals surface area (Å²) < 4.78 is 5.35. The number of hydrogen-bond acceptors (Lipinski definition) is 2. The maximum Gasteiger partial charge on any atom is 0.131 e. The van der Waals surface area contributed by atoms with Crippen LogP contribution in [0.4, 0.5) is 0 Å². The molecule has 2 aromatic rings. The Morgan fingerprint density at radius 2 is 2.20 bits per heavy atom. The topological polar surface area (TPSA) is 37.9 Å². The van der Waals surface area contributed by atoms with Crippen LogP contribution < -0.4 is 4.74 Å². The minimum absolute atomic E-state index is 0.693. The van der Waals surface area contributed by atoms with Crippen molar-refractivity contribution in [1.29, 1.82) is 0 Å². The molecule has 0 aliphatic carbocycles. The third-order valence-corrected chi connectivity index (χ3v) is 2.45. The summed E-state index contributed by atoms with van der Waals surface area (Å²) in [6, 6.07) is 5.62. The van der Waals surface area contributed by atoms with Crippen LogP contribution in [-0.2, 0) is 0 Å². The monoisotopic (exact) mass is 222 g/mol. The van der Waals surface area contributed by atoms with E-state index in [0.29, 0.717) is 5.02 Å². The highest BCUT2D eigenvalue weighted by molar-refractivity contribution is 6.31. The first-order valence-corrected chi connectivity index (χ1v) is 4.94. The molecule has 4 heteroatoms. The van der Waals surface area contributed by atoms with Crippen molar-refractivity contribution in [2.45, 2.75) is 6.92 Å². The highest BCUT2D eigenvalue weighted by atomic mass is 35.5. The van der Waals surface area contributed by atoms with Crippen LogP contribution in [0.1, 0.15) is 5.56 Å². The molecule has 1 heterocycles. The number of ether oxygens (including phenoxy) is 1. The second-order valence-electron chi connectivity index (χ2n) is 3.27. The Kier molecular flexibility index (Phi) is 2.64. The largest absolute Gasteiger partial charge is 0.496 e. The van der Waals surface area contributed by atoms with Crippen LogP contribution in [-0.4, -0.2) is 17.3 Å². The number of methoxy groups -OCH3 is 1. The quantitative estimate of drug-likeness (QED) is 0.848. The third kappa shape index (κ3) is 1.83. The number of aryl methyl sites for hydroxylation is 1. The number of aromatic nitrogens is 2. The molecule has 2 rings (SSSR count). The zero-order valence-corrected chi connectivity index (χ0v) is 9.30. The molecule has 0 radical (unpaired) electrons. The van der Waals surface area contributed by atoms with Crippen molar-refractivity contribution in [3.63, 3.8) is 0 Å². The number of H-pyrrole nitrogens is 1. The second-order valence-corrected chi connectivity index (χ2v) is 3.71. The van der Waals surface area contributed by atoms with E-state index in [4.69, 9.17) is 16.3 Å². The molecule has 3 nitrogen and oxygen atoms in total. The first kappa shape index (κ1) is 10.1. The Morgan fingerprint density at radius 1 is 1.40 bits per heavy atom. The molecule has 78 valence electrons. The van der Waals surface area contributed by atoms with Gasteiger partial charge in [-0.2, -0.15) is 5.10 Å². The van der Waals surface area contributed by atoms with Gasteiger partial charge in [0.05, 0.1) is 12.8 Å². The van der Waals surface area contributed by atoms with Gasteiger partial charge in [-0.05, 0) is 30.7 Å². The molecule has 15 heavy (non-hydrogen) atoms. The van der Waals surface area contributed by atoms with Crippen molar-refractivity contribution in [3.05, 3.63) is 35.0 Å². The van der Waals surface area contributed by atoms with E-state index in [0.717, 1.165) is 22.6 Å². The molecular weight excluding hydrogens is 212 g/mol. The van der Waals surface area contributed by atoms with Gasteiger partial charge in [0.25, 0.3) is 0 Å². The summed E-state index contributed by atoms with van der Waals surface area (Å²) in [5, 5.41) is 7.50. The summed E-state index contributed by atoms with van der Waals surface area (Å²) >= 11 is 6.01. The molecule has 0 fully saturated rings. The lowest BCUT2D eigenvalue weighted by molar-refractivity contribution is 0.413. The molecule has 0 aliphatic heterocycles. The fraction of sp³-hybridized carbons (Fsp3) is 0.182. The first-order chi connectivity index (χ1) is 7.22. The Labute approximate surface area is 93.0 Å². The van der Waals surface area contributed by atoms with E-state index in [9.17, 15) is 0 Å². The molecule has 0 unspecified atom stereocenters. The van der Waals surface area contributed by atoms with E-state index in [2.05, 4.69) is 10.2 Å². The molecule has 0 saturated carbocycles. The summed E-state index contributed by atoms with van der Waals surface area (Å²) in [4.78, 5) is 0. The number of nitrogens with zero attached hydrogens (tertiary/aromatic N) is 1. The van der Waals surface area contributed by atoms with Gasteiger partial charge in [-0.3, -0.25) is 5.10 Å². The molecule has 0 amide bonds. The van der Waals surface area contributed by atoms with Crippen molar-refractivity contribution in [2.75, 3.05) is 7.11 Å². The average molecular weight is 223 g/mol. The van der Waals surface area contributed by atoms with Crippen LogP contribution in [0.25, 0.3) is 11.3 Å². The Bertz CT molecular complexity index is 466. The van der Waals surface area contributed by atoms with Crippen LogP contribution in [0, 0.1) is 6.92 Å². The number of nitrogens with one attached hydrogen (secondary N) is 1. The van der Waals surface area contributed by atoms with Crippen LogP contribution in [0.2, 0.25) is 5.02 Å². The lowest BCUT2D eigenvalue weighted by Gasteiger charge is -2.10. The number of rotatable bonds is 2. The van der Waals surface area contributed by atoms with Crippen LogP contribution in [0.15, 0.2) is 24.4 Å². The maximum absolute atomic E-state index is 6.01. The van der Waals surface area contributed by atoms with Crippen molar-refractivity contribution >= 4 is 11.6 Å². The summed E-state index contributed by atoms with van der Waals surface area (Å²) in [7, 11) is 1.65. The summed E-state index contributed by atoms with van der Waals surface area (Å²) in [5.41, 5.74) is 2.84. The van der Waals surface area contributed by atoms with Crippen molar-refractivity contribution in [1.82, 2.24) is 10.2 Å². The number of hydrogen-bond donors (Lipinski definition) is 1. The van der Waals surface area contributed by atoms with E-state index in [1.165, 1.54) is 0 Å². The van der Waals surface area contributed by atoms with Gasteiger partial charge >= 0.3 is 0 Å². The highest BCUT2D eigenvalue weighted by Crippen LogP contribution is 2.34. The zero-order valence-electron chi connectivity index (χ0n) is 8.54. The number of benzene rings is 1.